The van der Waals surface area contributed by atoms with Crippen LogP contribution in [-0.2, 0) is 16.4 Å². The Morgan fingerprint density at radius 1 is 1.00 bits per heavy atom. The van der Waals surface area contributed by atoms with E-state index < -0.39 is 10.0 Å². The van der Waals surface area contributed by atoms with Crippen LogP contribution in [0.3, 0.4) is 0 Å². The molecule has 0 saturated carbocycles. The number of nitrogens with one attached hydrogen (secondary N) is 2. The quantitative estimate of drug-likeness (QED) is 0.433. The Labute approximate surface area is 231 Å². The molecule has 1 saturated heterocycles. The number of carbonyl (C=O) groups excluding carboxylic acids is 1. The second kappa shape index (κ2) is 11.8. The summed E-state index contributed by atoms with van der Waals surface area (Å²) < 4.78 is 36.4. The van der Waals surface area contributed by atoms with Crippen LogP contribution in [-0.4, -0.2) is 59.1 Å². The van der Waals surface area contributed by atoms with E-state index in [0.717, 1.165) is 57.5 Å². The fourth-order valence-corrected chi connectivity index (χ4v) is 7.03. The minimum Gasteiger partial charge on any atom is -0.496 e. The Balaban J connectivity index is 1.48. The molecule has 1 atom stereocenters. The van der Waals surface area contributed by atoms with E-state index in [-0.39, 0.29) is 16.8 Å². The number of likely N-dealkylation sites (N-methyl/N-ethyl adjacent to an activating group) is 1. The average Bonchev–Trinajstić information content (AvgIpc) is 2.97. The lowest BCUT2D eigenvalue weighted by Gasteiger charge is -2.36. The van der Waals surface area contributed by atoms with Gasteiger partial charge in [-0.3, -0.25) is 4.79 Å². The maximum atomic E-state index is 14.0. The number of rotatable bonds is 8. The van der Waals surface area contributed by atoms with E-state index in [0.29, 0.717) is 22.7 Å². The van der Waals surface area contributed by atoms with Gasteiger partial charge in [-0.2, -0.15) is 0 Å². The predicted molar refractivity (Wildman–Crippen MR) is 154 cm³/mol. The third kappa shape index (κ3) is 5.95. The van der Waals surface area contributed by atoms with Gasteiger partial charge in [0.1, 0.15) is 10.6 Å². The first kappa shape index (κ1) is 27.2. The van der Waals surface area contributed by atoms with Crippen LogP contribution in [0.1, 0.15) is 47.3 Å². The van der Waals surface area contributed by atoms with Crippen molar-refractivity contribution in [3.05, 3.63) is 83.4 Å². The van der Waals surface area contributed by atoms with Crippen molar-refractivity contribution in [1.82, 2.24) is 9.62 Å². The highest BCUT2D eigenvalue weighted by Crippen LogP contribution is 2.34. The second-order valence-electron chi connectivity index (χ2n) is 10.0. The highest BCUT2D eigenvalue weighted by Gasteiger charge is 2.30. The molecular weight excluding hydrogens is 512 g/mol. The molecule has 2 N–H and O–H groups in total. The van der Waals surface area contributed by atoms with Gasteiger partial charge in [0, 0.05) is 37.9 Å². The van der Waals surface area contributed by atoms with E-state index in [4.69, 9.17) is 4.74 Å². The SMILES string of the molecule is CCN1CCN(c2ccc(NC(=O)c3ccccc3OC)cc2S(=O)(=O)N[C@@H]2CCCc3ccccc32)CC1. The van der Waals surface area contributed by atoms with E-state index in [1.54, 1.807) is 36.4 Å². The Hall–Kier alpha value is -3.40. The molecule has 0 unspecified atom stereocenters. The largest absolute Gasteiger partial charge is 0.496 e. The van der Waals surface area contributed by atoms with Gasteiger partial charge in [-0.15, -0.1) is 0 Å². The topological polar surface area (TPSA) is 91.0 Å². The van der Waals surface area contributed by atoms with Crippen molar-refractivity contribution in [2.24, 2.45) is 0 Å². The van der Waals surface area contributed by atoms with Crippen molar-refractivity contribution < 1.29 is 17.9 Å². The summed E-state index contributed by atoms with van der Waals surface area (Å²) in [6.07, 6.45) is 2.61. The molecule has 3 aromatic carbocycles. The first-order valence-electron chi connectivity index (χ1n) is 13.6. The number of hydrogen-bond donors (Lipinski definition) is 2. The normalized spacial score (nSPS) is 17.9. The summed E-state index contributed by atoms with van der Waals surface area (Å²) in [4.78, 5) is 17.7. The molecule has 1 aliphatic heterocycles. The summed E-state index contributed by atoms with van der Waals surface area (Å²) in [5.74, 6) is 0.0835. The fraction of sp³-hybridized carbons (Fsp3) is 0.367. The van der Waals surface area contributed by atoms with Gasteiger partial charge in [-0.25, -0.2) is 13.1 Å². The van der Waals surface area contributed by atoms with E-state index in [1.807, 2.05) is 24.3 Å². The number of piperazine rings is 1. The number of para-hydroxylation sites is 1. The van der Waals surface area contributed by atoms with Gasteiger partial charge in [0.05, 0.1) is 18.4 Å². The third-order valence-electron chi connectivity index (χ3n) is 7.69. The number of carbonyl (C=O) groups is 1. The molecule has 0 bridgehead atoms. The van der Waals surface area contributed by atoms with Gasteiger partial charge in [0.2, 0.25) is 10.0 Å². The molecule has 206 valence electrons. The highest BCUT2D eigenvalue weighted by molar-refractivity contribution is 7.89. The zero-order valence-electron chi connectivity index (χ0n) is 22.5. The molecule has 0 spiro atoms. The number of sulfonamides is 1. The van der Waals surface area contributed by atoms with Crippen LogP contribution in [0.2, 0.25) is 0 Å². The van der Waals surface area contributed by atoms with Gasteiger partial charge in [0.15, 0.2) is 0 Å². The first-order valence-corrected chi connectivity index (χ1v) is 15.0. The smallest absolute Gasteiger partial charge is 0.259 e. The standard InChI is InChI=1S/C30H36N4O4S/c1-3-33-17-19-34(20-18-33)27-16-15-23(31-30(35)25-12-6-7-14-28(25)38-2)21-29(27)39(36,37)32-26-13-8-10-22-9-4-5-11-24(22)26/h4-7,9,11-12,14-16,21,26,32H,3,8,10,13,17-20H2,1-2H3,(H,31,35)/t26-/m1/s1. The Morgan fingerprint density at radius 2 is 1.74 bits per heavy atom. The number of methoxy groups -OCH3 is 1. The molecule has 3 aromatic rings. The lowest BCUT2D eigenvalue weighted by molar-refractivity contribution is 0.102. The number of ether oxygens (including phenoxy) is 1. The molecule has 39 heavy (non-hydrogen) atoms. The van der Waals surface area contributed by atoms with Gasteiger partial charge in [-0.1, -0.05) is 43.3 Å². The first-order chi connectivity index (χ1) is 18.9. The molecule has 1 fully saturated rings. The zero-order valence-corrected chi connectivity index (χ0v) is 23.3. The molecule has 1 aliphatic carbocycles. The summed E-state index contributed by atoms with van der Waals surface area (Å²) in [5.41, 5.74) is 3.65. The summed E-state index contributed by atoms with van der Waals surface area (Å²) >= 11 is 0. The van der Waals surface area contributed by atoms with E-state index >= 15 is 0 Å². The van der Waals surface area contributed by atoms with Crippen LogP contribution in [0.4, 0.5) is 11.4 Å². The van der Waals surface area contributed by atoms with Crippen molar-refractivity contribution in [3.8, 4) is 5.75 Å². The Bertz CT molecular complexity index is 1430. The number of anilines is 2. The van der Waals surface area contributed by atoms with Gasteiger partial charge in [0.25, 0.3) is 5.91 Å². The van der Waals surface area contributed by atoms with E-state index in [2.05, 4.69) is 32.8 Å². The zero-order chi connectivity index (χ0) is 27.4. The average molecular weight is 549 g/mol. The number of hydrogen-bond acceptors (Lipinski definition) is 6. The van der Waals surface area contributed by atoms with Crippen LogP contribution in [0.15, 0.2) is 71.6 Å². The summed E-state index contributed by atoms with van der Waals surface area (Å²) in [6, 6.07) is 19.8. The minimum atomic E-state index is -3.92. The molecule has 1 heterocycles. The van der Waals surface area contributed by atoms with Crippen LogP contribution in [0, 0.1) is 0 Å². The van der Waals surface area contributed by atoms with Crippen molar-refractivity contribution in [2.45, 2.75) is 37.1 Å². The van der Waals surface area contributed by atoms with Crippen molar-refractivity contribution in [3.63, 3.8) is 0 Å². The Morgan fingerprint density at radius 3 is 2.51 bits per heavy atom. The predicted octanol–water partition coefficient (Wildman–Crippen LogP) is 4.45. The van der Waals surface area contributed by atoms with E-state index in [1.165, 1.54) is 12.7 Å². The summed E-state index contributed by atoms with van der Waals surface area (Å²) in [5, 5.41) is 2.87. The lowest BCUT2D eigenvalue weighted by atomic mass is 9.88. The number of fused-ring (bicyclic) bond motifs is 1. The molecule has 8 nitrogen and oxygen atoms in total. The summed E-state index contributed by atoms with van der Waals surface area (Å²) in [6.45, 7) is 6.30. The molecule has 1 amide bonds. The highest BCUT2D eigenvalue weighted by atomic mass is 32.2. The Kier molecular flexibility index (Phi) is 8.20. The number of benzene rings is 3. The number of amides is 1. The number of aryl methyl sites for hydroxylation is 1. The van der Waals surface area contributed by atoms with Crippen LogP contribution in [0.25, 0.3) is 0 Å². The van der Waals surface area contributed by atoms with Gasteiger partial charge >= 0.3 is 0 Å². The third-order valence-corrected chi connectivity index (χ3v) is 9.19. The molecule has 0 aromatic heterocycles. The maximum absolute atomic E-state index is 14.0. The fourth-order valence-electron chi connectivity index (χ4n) is 5.53. The monoisotopic (exact) mass is 548 g/mol. The molecule has 2 aliphatic rings. The molecule has 0 radical (unpaired) electrons. The van der Waals surface area contributed by atoms with Gasteiger partial charge < -0.3 is 19.9 Å². The van der Waals surface area contributed by atoms with Gasteiger partial charge in [-0.05, 0) is 67.3 Å². The van der Waals surface area contributed by atoms with Crippen LogP contribution < -0.4 is 19.7 Å². The van der Waals surface area contributed by atoms with Crippen molar-refractivity contribution in [1.29, 1.82) is 0 Å². The molecule has 5 rings (SSSR count). The van der Waals surface area contributed by atoms with Crippen LogP contribution >= 0.6 is 0 Å². The minimum absolute atomic E-state index is 0.174. The lowest BCUT2D eigenvalue weighted by Crippen LogP contribution is -2.46. The van der Waals surface area contributed by atoms with E-state index in [9.17, 15) is 13.2 Å². The van der Waals surface area contributed by atoms with Crippen molar-refractivity contribution in [2.75, 3.05) is 50.1 Å². The summed E-state index contributed by atoms with van der Waals surface area (Å²) in [7, 11) is -2.41. The second-order valence-corrected chi connectivity index (χ2v) is 11.7. The van der Waals surface area contributed by atoms with Crippen LogP contribution in [0.5, 0.6) is 5.75 Å². The number of nitrogens with zero attached hydrogens (tertiary/aromatic N) is 2. The maximum Gasteiger partial charge on any atom is 0.259 e. The molecular formula is C30H36N4O4S. The van der Waals surface area contributed by atoms with Crippen molar-refractivity contribution >= 4 is 27.3 Å². The molecule has 9 heteroatoms.